The van der Waals surface area contributed by atoms with Crippen molar-refractivity contribution in [3.8, 4) is 28.4 Å². The first-order valence-corrected chi connectivity index (χ1v) is 12.4. The lowest BCUT2D eigenvalue weighted by atomic mass is 10.0. The van der Waals surface area contributed by atoms with Gasteiger partial charge >= 0.3 is 0 Å². The molecule has 1 fully saturated rings. The van der Waals surface area contributed by atoms with Crippen molar-refractivity contribution in [3.63, 3.8) is 0 Å². The summed E-state index contributed by atoms with van der Waals surface area (Å²) in [6, 6.07) is 12.4. The zero-order chi connectivity index (χ0) is 27.4. The van der Waals surface area contributed by atoms with E-state index < -0.39 is 0 Å². The molecule has 200 valence electrons. The molecule has 0 aliphatic carbocycles. The van der Waals surface area contributed by atoms with Gasteiger partial charge < -0.3 is 20.3 Å². The van der Waals surface area contributed by atoms with Gasteiger partial charge in [0.2, 0.25) is 5.91 Å². The molecule has 1 aliphatic heterocycles. The molecule has 0 radical (unpaired) electrons. The minimum absolute atomic E-state index is 0.00967. The summed E-state index contributed by atoms with van der Waals surface area (Å²) in [6.45, 7) is 5.07. The topological polar surface area (TPSA) is 143 Å². The fraction of sp³-hybridized carbons (Fsp3) is 0.259. The lowest BCUT2D eigenvalue weighted by molar-refractivity contribution is -0.117. The molecule has 39 heavy (non-hydrogen) atoms. The highest BCUT2D eigenvalue weighted by atomic mass is 16.5. The number of nitrogens with one attached hydrogen (secondary N) is 3. The van der Waals surface area contributed by atoms with Crippen molar-refractivity contribution < 1.29 is 14.3 Å². The highest BCUT2D eigenvalue weighted by molar-refractivity contribution is 6.04. The van der Waals surface area contributed by atoms with Crippen LogP contribution in [0.1, 0.15) is 23.0 Å². The third-order valence-electron chi connectivity index (χ3n) is 6.53. The summed E-state index contributed by atoms with van der Waals surface area (Å²) in [6.07, 6.45) is 5.53. The van der Waals surface area contributed by atoms with Gasteiger partial charge in [0.05, 0.1) is 36.4 Å². The van der Waals surface area contributed by atoms with Crippen molar-refractivity contribution in [2.45, 2.75) is 18.5 Å². The van der Waals surface area contributed by atoms with Gasteiger partial charge in [-0.1, -0.05) is 23.9 Å². The highest BCUT2D eigenvalue weighted by Crippen LogP contribution is 2.31. The van der Waals surface area contributed by atoms with E-state index in [4.69, 9.17) is 4.74 Å². The molecule has 2 atom stereocenters. The minimum Gasteiger partial charge on any atom is -0.495 e. The number of rotatable bonds is 8. The number of hydrogen-bond acceptors (Lipinski definition) is 8. The predicted octanol–water partition coefficient (Wildman–Crippen LogP) is 2.54. The number of likely N-dealkylation sites (tertiary alicyclic amines) is 1. The number of aromatic amines is 1. The van der Waals surface area contributed by atoms with E-state index >= 15 is 0 Å². The number of anilines is 1. The molecular formula is C27H29N9O3. The second kappa shape index (κ2) is 11.3. The number of nitrogens with zero attached hydrogens (tertiary/aromatic N) is 6. The molecule has 3 aromatic heterocycles. The van der Waals surface area contributed by atoms with E-state index in [1.807, 2.05) is 24.0 Å². The number of methoxy groups -OCH3 is 1. The average molecular weight is 528 g/mol. The molecule has 1 aromatic carbocycles. The number of benzene rings is 1. The van der Waals surface area contributed by atoms with Gasteiger partial charge in [-0.3, -0.25) is 14.7 Å². The first-order chi connectivity index (χ1) is 18.9. The Morgan fingerprint density at radius 3 is 2.82 bits per heavy atom. The summed E-state index contributed by atoms with van der Waals surface area (Å²) < 4.78 is 7.40. The van der Waals surface area contributed by atoms with Crippen LogP contribution in [0.2, 0.25) is 0 Å². The van der Waals surface area contributed by atoms with Crippen LogP contribution < -0.4 is 15.4 Å². The molecule has 4 aromatic rings. The Morgan fingerprint density at radius 2 is 2.05 bits per heavy atom. The third kappa shape index (κ3) is 5.85. The fourth-order valence-electron chi connectivity index (χ4n) is 4.68. The molecule has 1 aliphatic rings. The van der Waals surface area contributed by atoms with Gasteiger partial charge in [0.1, 0.15) is 17.1 Å². The lowest BCUT2D eigenvalue weighted by Crippen LogP contribution is -2.49. The number of ether oxygens (including phenoxy) is 1. The van der Waals surface area contributed by atoms with Crippen LogP contribution in [0, 0.1) is 0 Å². The van der Waals surface area contributed by atoms with Gasteiger partial charge in [-0.25, -0.2) is 9.67 Å². The number of hydrogen-bond donors (Lipinski definition) is 3. The molecule has 4 heterocycles. The largest absolute Gasteiger partial charge is 0.495 e. The first-order valence-electron chi connectivity index (χ1n) is 12.4. The Kier molecular flexibility index (Phi) is 7.46. The molecule has 5 rings (SSSR count). The summed E-state index contributed by atoms with van der Waals surface area (Å²) >= 11 is 0. The maximum atomic E-state index is 13.0. The van der Waals surface area contributed by atoms with E-state index in [1.54, 1.807) is 42.6 Å². The van der Waals surface area contributed by atoms with Crippen molar-refractivity contribution >= 4 is 17.5 Å². The van der Waals surface area contributed by atoms with E-state index in [-0.39, 0.29) is 29.6 Å². The van der Waals surface area contributed by atoms with Gasteiger partial charge in [0, 0.05) is 30.9 Å². The Labute approximate surface area is 225 Å². The van der Waals surface area contributed by atoms with E-state index in [2.05, 4.69) is 47.6 Å². The zero-order valence-electron chi connectivity index (χ0n) is 21.7. The molecule has 0 spiro atoms. The number of piperidine rings is 1. The van der Waals surface area contributed by atoms with Crippen molar-refractivity contribution in [1.29, 1.82) is 0 Å². The SMILES string of the molecule is C=CC(=O)NC1CC(n2cc(-c3ccc(NC(=O)c4cccc(-c5ccn[nH]5)n4)c(OC)c3)nn2)CN(C)C1. The number of pyridine rings is 1. The van der Waals surface area contributed by atoms with Gasteiger partial charge in [0.15, 0.2) is 0 Å². The van der Waals surface area contributed by atoms with Crippen LogP contribution in [0.25, 0.3) is 22.6 Å². The predicted molar refractivity (Wildman–Crippen MR) is 145 cm³/mol. The van der Waals surface area contributed by atoms with Crippen LogP contribution in [0.3, 0.4) is 0 Å². The summed E-state index contributed by atoms with van der Waals surface area (Å²) in [7, 11) is 3.55. The standard InChI is InChI=1S/C27H29N9O3/c1-4-26(37)29-18-13-19(15-35(2)14-18)36-16-24(33-34-36)17-8-9-22(25(12-17)39-3)31-27(38)23-7-5-6-20(30-23)21-10-11-28-32-21/h4-12,16,18-19H,1,13-15H2,2-3H3,(H,28,32)(H,29,37)(H,31,38). The minimum atomic E-state index is -0.368. The van der Waals surface area contributed by atoms with Gasteiger partial charge in [-0.15, -0.1) is 5.10 Å². The molecule has 12 nitrogen and oxygen atoms in total. The van der Waals surface area contributed by atoms with Crippen molar-refractivity contribution in [2.24, 2.45) is 0 Å². The van der Waals surface area contributed by atoms with E-state index in [1.165, 1.54) is 13.2 Å². The Bertz CT molecular complexity index is 1480. The van der Waals surface area contributed by atoms with Crippen LogP contribution in [-0.2, 0) is 4.79 Å². The Morgan fingerprint density at radius 1 is 1.18 bits per heavy atom. The van der Waals surface area contributed by atoms with Crippen molar-refractivity contribution in [1.82, 2.24) is 40.4 Å². The van der Waals surface area contributed by atoms with Gasteiger partial charge in [0.25, 0.3) is 5.91 Å². The van der Waals surface area contributed by atoms with Crippen LogP contribution in [0.15, 0.2) is 67.5 Å². The number of H-pyrrole nitrogens is 1. The second-order valence-corrected chi connectivity index (χ2v) is 9.35. The first kappa shape index (κ1) is 25.8. The van der Waals surface area contributed by atoms with Crippen molar-refractivity contribution in [2.75, 3.05) is 32.6 Å². The van der Waals surface area contributed by atoms with Gasteiger partial charge in [-0.05, 0) is 49.9 Å². The molecule has 12 heteroatoms. The van der Waals surface area contributed by atoms with Gasteiger partial charge in [-0.2, -0.15) is 5.10 Å². The number of amides is 2. The van der Waals surface area contributed by atoms with Crippen LogP contribution in [0.4, 0.5) is 5.69 Å². The molecule has 2 unspecified atom stereocenters. The molecule has 1 saturated heterocycles. The Balaban J connectivity index is 1.31. The second-order valence-electron chi connectivity index (χ2n) is 9.35. The maximum absolute atomic E-state index is 13.0. The number of carbonyl (C=O) groups is 2. The normalized spacial score (nSPS) is 17.4. The average Bonchev–Trinajstić information content (AvgIpc) is 3.66. The highest BCUT2D eigenvalue weighted by Gasteiger charge is 2.28. The molecular weight excluding hydrogens is 498 g/mol. The quantitative estimate of drug-likeness (QED) is 0.297. The number of carbonyl (C=O) groups excluding carboxylic acids is 2. The Hall–Kier alpha value is -4.84. The van der Waals surface area contributed by atoms with Crippen LogP contribution >= 0.6 is 0 Å². The smallest absolute Gasteiger partial charge is 0.274 e. The number of likely N-dealkylation sites (N-methyl/N-ethyl adjacent to an activating group) is 1. The molecule has 2 amide bonds. The summed E-state index contributed by atoms with van der Waals surface area (Å²) in [5, 5.41) is 21.4. The molecule has 0 saturated carbocycles. The van der Waals surface area contributed by atoms with E-state index in [9.17, 15) is 9.59 Å². The fourth-order valence-corrected chi connectivity index (χ4v) is 4.68. The van der Waals surface area contributed by atoms with E-state index in [0.717, 1.165) is 30.8 Å². The zero-order valence-corrected chi connectivity index (χ0v) is 21.7. The monoisotopic (exact) mass is 527 g/mol. The lowest BCUT2D eigenvalue weighted by Gasteiger charge is -2.35. The molecule has 0 bridgehead atoms. The van der Waals surface area contributed by atoms with Crippen LogP contribution in [0.5, 0.6) is 5.75 Å². The van der Waals surface area contributed by atoms with Crippen LogP contribution in [-0.4, -0.2) is 80.2 Å². The third-order valence-corrected chi connectivity index (χ3v) is 6.53. The number of aromatic nitrogens is 6. The maximum Gasteiger partial charge on any atom is 0.274 e. The summed E-state index contributed by atoms with van der Waals surface area (Å²) in [4.78, 5) is 31.3. The van der Waals surface area contributed by atoms with E-state index in [0.29, 0.717) is 22.8 Å². The van der Waals surface area contributed by atoms with Crippen molar-refractivity contribution in [3.05, 3.63) is 73.2 Å². The summed E-state index contributed by atoms with van der Waals surface area (Å²) in [5.74, 6) is -0.0773. The summed E-state index contributed by atoms with van der Waals surface area (Å²) in [5.41, 5.74) is 3.55. The molecule has 3 N–H and O–H groups in total.